The molecule has 92 valence electrons. The minimum atomic E-state index is 0.00471. The molecule has 4 nitrogen and oxygen atoms in total. The first-order chi connectivity index (χ1) is 8.20. The molecule has 2 rings (SSSR count). The Morgan fingerprint density at radius 3 is 2.76 bits per heavy atom. The largest absolute Gasteiger partial charge is 0.396 e. The second-order valence-electron chi connectivity index (χ2n) is 4.58. The molecule has 1 amide bonds. The molecule has 2 heterocycles. The van der Waals surface area contributed by atoms with Crippen molar-refractivity contribution in [1.82, 2.24) is 9.88 Å². The Hall–Kier alpha value is -1.42. The smallest absolute Gasteiger partial charge is 0.272 e. The van der Waals surface area contributed by atoms with Crippen LogP contribution in [0.3, 0.4) is 0 Å². The Bertz CT molecular complexity index is 398. The number of carbonyl (C=O) groups is 1. The van der Waals surface area contributed by atoms with Crippen LogP contribution in [0.15, 0.2) is 18.2 Å². The van der Waals surface area contributed by atoms with Gasteiger partial charge in [-0.1, -0.05) is 6.07 Å². The lowest BCUT2D eigenvalue weighted by molar-refractivity contribution is 0.0645. The van der Waals surface area contributed by atoms with E-state index in [0.717, 1.165) is 31.6 Å². The van der Waals surface area contributed by atoms with E-state index in [-0.39, 0.29) is 12.5 Å². The summed E-state index contributed by atoms with van der Waals surface area (Å²) < 4.78 is 0. The Kier molecular flexibility index (Phi) is 3.74. The first-order valence-electron chi connectivity index (χ1n) is 6.04. The number of likely N-dealkylation sites (tertiary alicyclic amines) is 1. The zero-order valence-electron chi connectivity index (χ0n) is 10.1. The van der Waals surface area contributed by atoms with Crippen LogP contribution < -0.4 is 0 Å². The highest BCUT2D eigenvalue weighted by Gasteiger charge is 2.23. The van der Waals surface area contributed by atoms with Crippen LogP contribution in [-0.4, -0.2) is 40.6 Å². The van der Waals surface area contributed by atoms with Gasteiger partial charge in [0.15, 0.2) is 0 Å². The molecule has 1 N–H and O–H groups in total. The molecule has 1 aliphatic heterocycles. The molecular weight excluding hydrogens is 216 g/mol. The maximum absolute atomic E-state index is 12.1. The van der Waals surface area contributed by atoms with Crippen molar-refractivity contribution in [2.75, 3.05) is 19.7 Å². The first kappa shape index (κ1) is 12.0. The fourth-order valence-corrected chi connectivity index (χ4v) is 2.14. The molecule has 1 fully saturated rings. The van der Waals surface area contributed by atoms with E-state index in [4.69, 9.17) is 5.11 Å². The molecule has 0 bridgehead atoms. The van der Waals surface area contributed by atoms with Crippen molar-refractivity contribution in [3.8, 4) is 0 Å². The molecule has 17 heavy (non-hydrogen) atoms. The standard InChI is InChI=1S/C13H18N2O2/c1-10-3-2-4-12(14-10)13(17)15-7-5-11(9-16)6-8-15/h2-4,11,16H,5-9H2,1H3. The van der Waals surface area contributed by atoms with E-state index in [9.17, 15) is 4.79 Å². The number of rotatable bonds is 2. The molecule has 1 aliphatic rings. The topological polar surface area (TPSA) is 53.4 Å². The summed E-state index contributed by atoms with van der Waals surface area (Å²) >= 11 is 0. The molecule has 0 saturated carbocycles. The Labute approximate surface area is 101 Å². The van der Waals surface area contributed by atoms with Crippen LogP contribution in [0.5, 0.6) is 0 Å². The van der Waals surface area contributed by atoms with Crippen LogP contribution >= 0.6 is 0 Å². The van der Waals surface area contributed by atoms with Crippen LogP contribution in [0.4, 0.5) is 0 Å². The van der Waals surface area contributed by atoms with Crippen molar-refractivity contribution < 1.29 is 9.90 Å². The summed E-state index contributed by atoms with van der Waals surface area (Å²) in [4.78, 5) is 18.2. The van der Waals surface area contributed by atoms with Gasteiger partial charge in [-0.2, -0.15) is 0 Å². The number of nitrogens with zero attached hydrogens (tertiary/aromatic N) is 2. The SMILES string of the molecule is Cc1cccc(C(=O)N2CCC(CO)CC2)n1. The second-order valence-corrected chi connectivity index (χ2v) is 4.58. The van der Waals surface area contributed by atoms with Crippen molar-refractivity contribution in [2.45, 2.75) is 19.8 Å². The third-order valence-corrected chi connectivity index (χ3v) is 3.27. The number of aliphatic hydroxyl groups is 1. The first-order valence-corrected chi connectivity index (χ1v) is 6.04. The van der Waals surface area contributed by atoms with Gasteiger partial charge in [-0.3, -0.25) is 4.79 Å². The average Bonchev–Trinajstić information content (AvgIpc) is 2.38. The number of carbonyl (C=O) groups excluding carboxylic acids is 1. The summed E-state index contributed by atoms with van der Waals surface area (Å²) in [6, 6.07) is 5.50. The van der Waals surface area contributed by atoms with Crippen LogP contribution in [-0.2, 0) is 0 Å². The number of aromatic nitrogens is 1. The van der Waals surface area contributed by atoms with Crippen molar-refractivity contribution in [1.29, 1.82) is 0 Å². The molecule has 0 radical (unpaired) electrons. The summed E-state index contributed by atoms with van der Waals surface area (Å²) in [7, 11) is 0. The summed E-state index contributed by atoms with van der Waals surface area (Å²) in [5.74, 6) is 0.356. The number of piperidine rings is 1. The molecule has 0 spiro atoms. The zero-order valence-corrected chi connectivity index (χ0v) is 10.1. The third kappa shape index (κ3) is 2.82. The number of hydrogen-bond donors (Lipinski definition) is 1. The van der Waals surface area contributed by atoms with Gasteiger partial charge in [0.2, 0.25) is 0 Å². The quantitative estimate of drug-likeness (QED) is 0.837. The van der Waals surface area contributed by atoms with Crippen molar-refractivity contribution in [3.05, 3.63) is 29.6 Å². The third-order valence-electron chi connectivity index (χ3n) is 3.27. The lowest BCUT2D eigenvalue weighted by atomic mass is 9.98. The number of amides is 1. The number of pyridine rings is 1. The lowest BCUT2D eigenvalue weighted by Gasteiger charge is -2.30. The monoisotopic (exact) mass is 234 g/mol. The van der Waals surface area contributed by atoms with E-state index < -0.39 is 0 Å². The van der Waals surface area contributed by atoms with Gasteiger partial charge >= 0.3 is 0 Å². The summed E-state index contributed by atoms with van der Waals surface area (Å²) in [6.45, 7) is 3.55. The summed E-state index contributed by atoms with van der Waals surface area (Å²) in [5, 5.41) is 9.05. The lowest BCUT2D eigenvalue weighted by Crippen LogP contribution is -2.39. The summed E-state index contributed by atoms with van der Waals surface area (Å²) in [5.41, 5.74) is 1.38. The van der Waals surface area contributed by atoms with Gasteiger partial charge in [-0.05, 0) is 37.8 Å². The van der Waals surface area contributed by atoms with E-state index in [2.05, 4.69) is 4.98 Å². The minimum Gasteiger partial charge on any atom is -0.396 e. The molecule has 0 aromatic carbocycles. The highest BCUT2D eigenvalue weighted by Crippen LogP contribution is 2.17. The second kappa shape index (κ2) is 5.27. The molecule has 1 aromatic heterocycles. The molecular formula is C13H18N2O2. The van der Waals surface area contributed by atoms with Gasteiger partial charge in [0, 0.05) is 25.4 Å². The van der Waals surface area contributed by atoms with Gasteiger partial charge in [-0.15, -0.1) is 0 Å². The Morgan fingerprint density at radius 2 is 2.18 bits per heavy atom. The zero-order chi connectivity index (χ0) is 12.3. The number of hydrogen-bond acceptors (Lipinski definition) is 3. The maximum atomic E-state index is 12.1. The van der Waals surface area contributed by atoms with Gasteiger partial charge < -0.3 is 10.0 Å². The van der Waals surface area contributed by atoms with Crippen molar-refractivity contribution >= 4 is 5.91 Å². The van der Waals surface area contributed by atoms with E-state index in [0.29, 0.717) is 11.6 Å². The van der Waals surface area contributed by atoms with Crippen molar-refractivity contribution in [3.63, 3.8) is 0 Å². The number of aliphatic hydroxyl groups excluding tert-OH is 1. The Balaban J connectivity index is 2.02. The number of aryl methyl sites for hydroxylation is 1. The van der Waals surface area contributed by atoms with Crippen LogP contribution in [0.2, 0.25) is 0 Å². The fraction of sp³-hybridized carbons (Fsp3) is 0.538. The molecule has 4 heteroatoms. The predicted molar refractivity (Wildman–Crippen MR) is 64.7 cm³/mol. The predicted octanol–water partition coefficient (Wildman–Crippen LogP) is 1.23. The maximum Gasteiger partial charge on any atom is 0.272 e. The molecule has 1 saturated heterocycles. The Morgan fingerprint density at radius 1 is 1.47 bits per heavy atom. The van der Waals surface area contributed by atoms with E-state index in [1.54, 1.807) is 6.07 Å². The van der Waals surface area contributed by atoms with E-state index in [1.165, 1.54) is 0 Å². The normalized spacial score (nSPS) is 17.2. The van der Waals surface area contributed by atoms with Crippen molar-refractivity contribution in [2.24, 2.45) is 5.92 Å². The highest BCUT2D eigenvalue weighted by atomic mass is 16.3. The molecule has 1 aromatic rings. The molecule has 0 aliphatic carbocycles. The van der Waals surface area contributed by atoms with E-state index >= 15 is 0 Å². The highest BCUT2D eigenvalue weighted by molar-refractivity contribution is 5.92. The van der Waals surface area contributed by atoms with Crippen LogP contribution in [0, 0.1) is 12.8 Å². The molecule has 0 unspecified atom stereocenters. The van der Waals surface area contributed by atoms with Gasteiger partial charge in [-0.25, -0.2) is 4.98 Å². The summed E-state index contributed by atoms with van der Waals surface area (Å²) in [6.07, 6.45) is 1.77. The van der Waals surface area contributed by atoms with Crippen LogP contribution in [0.1, 0.15) is 29.0 Å². The average molecular weight is 234 g/mol. The van der Waals surface area contributed by atoms with Crippen LogP contribution in [0.25, 0.3) is 0 Å². The fourth-order valence-electron chi connectivity index (χ4n) is 2.14. The molecule has 0 atom stereocenters. The van der Waals surface area contributed by atoms with Gasteiger partial charge in [0.05, 0.1) is 0 Å². The minimum absolute atomic E-state index is 0.00471. The van der Waals surface area contributed by atoms with Gasteiger partial charge in [0.25, 0.3) is 5.91 Å². The van der Waals surface area contributed by atoms with Gasteiger partial charge in [0.1, 0.15) is 5.69 Å². The van der Waals surface area contributed by atoms with E-state index in [1.807, 2.05) is 24.0 Å².